The number of rotatable bonds is 9. The molecule has 2 aromatic rings. The topological polar surface area (TPSA) is 134 Å². The lowest BCUT2D eigenvalue weighted by atomic mass is 9.75. The van der Waals surface area contributed by atoms with Crippen LogP contribution >= 0.6 is 0 Å². The third-order valence-corrected chi connectivity index (χ3v) is 8.73. The molecule has 1 amide bonds. The zero-order valence-corrected chi connectivity index (χ0v) is 23.5. The molecule has 1 aliphatic heterocycles. The first-order valence-electron chi connectivity index (χ1n) is 12.9. The smallest absolute Gasteiger partial charge is 0.241 e. The number of nitrogens with zero attached hydrogens (tertiary/aromatic N) is 3. The molecule has 10 heteroatoms. The van der Waals surface area contributed by atoms with Crippen LogP contribution in [-0.4, -0.2) is 65.0 Å². The van der Waals surface area contributed by atoms with Crippen LogP contribution in [0.5, 0.6) is 0 Å². The van der Waals surface area contributed by atoms with Gasteiger partial charge in [-0.2, -0.15) is 4.72 Å². The number of nitrogens with one attached hydrogen (secondary N) is 1. The Morgan fingerprint density at radius 2 is 1.73 bits per heavy atom. The van der Waals surface area contributed by atoms with Crippen molar-refractivity contribution >= 4 is 38.3 Å². The number of guanidine groups is 1. The normalized spacial score (nSPS) is 16.0. The predicted molar refractivity (Wildman–Crippen MR) is 151 cm³/mol. The second-order valence-corrected chi connectivity index (χ2v) is 12.8. The molecule has 1 atom stereocenters. The van der Waals surface area contributed by atoms with E-state index >= 15 is 0 Å². The van der Waals surface area contributed by atoms with Gasteiger partial charge in [0.1, 0.15) is 6.04 Å². The zero-order valence-electron chi connectivity index (χ0n) is 22.7. The number of carbonyl (C=O) groups excluding carboxylic acids is 1. The Balaban J connectivity index is 1.87. The first-order valence-corrected chi connectivity index (χ1v) is 14.3. The van der Waals surface area contributed by atoms with Gasteiger partial charge in [0.05, 0.1) is 4.90 Å². The van der Waals surface area contributed by atoms with E-state index in [2.05, 4.69) is 30.5 Å². The van der Waals surface area contributed by atoms with E-state index in [0.29, 0.717) is 43.8 Å². The van der Waals surface area contributed by atoms with Gasteiger partial charge >= 0.3 is 0 Å². The molecule has 37 heavy (non-hydrogen) atoms. The number of likely N-dealkylation sites (tertiary alicyclic amines) is 1. The fraction of sp³-hybridized carbons (Fsp3) is 0.556. The highest BCUT2D eigenvalue weighted by atomic mass is 32.2. The predicted octanol–water partition coefficient (Wildman–Crippen LogP) is 2.89. The van der Waals surface area contributed by atoms with Crippen LogP contribution in [0, 0.1) is 11.3 Å². The minimum atomic E-state index is -4.00. The summed E-state index contributed by atoms with van der Waals surface area (Å²) in [6.07, 6.45) is 2.57. The Morgan fingerprint density at radius 3 is 2.32 bits per heavy atom. The van der Waals surface area contributed by atoms with Gasteiger partial charge in [-0.05, 0) is 49.1 Å². The summed E-state index contributed by atoms with van der Waals surface area (Å²) in [5.74, 6) is 0.296. The van der Waals surface area contributed by atoms with E-state index < -0.39 is 16.1 Å². The van der Waals surface area contributed by atoms with Crippen LogP contribution in [0.25, 0.3) is 10.8 Å². The molecular formula is C27H42N6O3S. The first kappa shape index (κ1) is 28.7. The molecule has 1 heterocycles. The molecule has 5 N–H and O–H groups in total. The van der Waals surface area contributed by atoms with Crippen molar-refractivity contribution in [1.29, 1.82) is 0 Å². The number of hydrogen-bond donors (Lipinski definition) is 3. The highest BCUT2D eigenvalue weighted by molar-refractivity contribution is 7.89. The summed E-state index contributed by atoms with van der Waals surface area (Å²) in [6.45, 7) is 8.23. The minimum absolute atomic E-state index is 0.0276. The average Bonchev–Trinajstić information content (AvgIpc) is 2.83. The van der Waals surface area contributed by atoms with Crippen molar-refractivity contribution in [2.24, 2.45) is 27.8 Å². The van der Waals surface area contributed by atoms with Crippen LogP contribution in [0.2, 0.25) is 0 Å². The Hall–Kier alpha value is -2.85. The molecule has 3 rings (SSSR count). The molecule has 9 nitrogen and oxygen atoms in total. The number of hydrogen-bond acceptors (Lipinski definition) is 5. The van der Waals surface area contributed by atoms with Gasteiger partial charge in [-0.25, -0.2) is 8.42 Å². The van der Waals surface area contributed by atoms with E-state index in [1.807, 2.05) is 37.2 Å². The molecule has 0 aliphatic carbocycles. The molecule has 0 spiro atoms. The molecule has 1 fully saturated rings. The Labute approximate surface area is 221 Å². The van der Waals surface area contributed by atoms with Crippen LogP contribution in [0.15, 0.2) is 46.3 Å². The maximum absolute atomic E-state index is 13.7. The number of nitrogens with two attached hydrogens (primary N) is 2. The van der Waals surface area contributed by atoms with Crippen molar-refractivity contribution in [2.45, 2.75) is 57.4 Å². The summed E-state index contributed by atoms with van der Waals surface area (Å²) in [4.78, 5) is 21.5. The average molecular weight is 531 g/mol. The molecule has 204 valence electrons. The highest BCUT2D eigenvalue weighted by Gasteiger charge is 2.34. The lowest BCUT2D eigenvalue weighted by Crippen LogP contribution is -2.51. The molecule has 0 aromatic heterocycles. The van der Waals surface area contributed by atoms with Gasteiger partial charge in [-0.15, -0.1) is 0 Å². The second-order valence-electron chi connectivity index (χ2n) is 11.1. The number of piperidine rings is 1. The van der Waals surface area contributed by atoms with E-state index in [9.17, 15) is 13.2 Å². The molecule has 0 bridgehead atoms. The Kier molecular flexibility index (Phi) is 9.07. The third-order valence-electron chi connectivity index (χ3n) is 7.20. The van der Waals surface area contributed by atoms with Crippen LogP contribution in [-0.2, 0) is 14.8 Å². The number of benzene rings is 2. The van der Waals surface area contributed by atoms with Gasteiger partial charge in [-0.1, -0.05) is 45.0 Å². The zero-order chi connectivity index (χ0) is 27.4. The lowest BCUT2D eigenvalue weighted by molar-refractivity contribution is -0.135. The minimum Gasteiger partial charge on any atom is -0.377 e. The number of fused-ring (bicyclic) bond motifs is 1. The number of aliphatic imine (C=N–C) groups is 1. The van der Waals surface area contributed by atoms with Crippen molar-refractivity contribution < 1.29 is 13.2 Å². The van der Waals surface area contributed by atoms with E-state index in [1.165, 1.54) is 0 Å². The van der Waals surface area contributed by atoms with Gasteiger partial charge in [0.15, 0.2) is 5.96 Å². The largest absolute Gasteiger partial charge is 0.377 e. The summed E-state index contributed by atoms with van der Waals surface area (Å²) >= 11 is 0. The molecule has 2 aromatic carbocycles. The quantitative estimate of drug-likeness (QED) is 0.259. The van der Waals surface area contributed by atoms with Crippen molar-refractivity contribution in [3.63, 3.8) is 0 Å². The lowest BCUT2D eigenvalue weighted by Gasteiger charge is -2.39. The standard InChI is InChI=1S/C27H42N6O3S/c1-27(2,3)19-14-17-33(18-15-19)25(34)22(11-8-16-30-26(28)29)31-37(35,36)24-13-7-9-20-21(24)10-6-12-23(20)32(4)5/h6-7,9-10,12-13,19,22,31H,8,11,14-18H2,1-5H3,(H4,28,29,30)/t22-/m0/s1. The summed E-state index contributed by atoms with van der Waals surface area (Å²) < 4.78 is 30.1. The van der Waals surface area contributed by atoms with E-state index in [4.69, 9.17) is 11.5 Å². The van der Waals surface area contributed by atoms with Crippen molar-refractivity contribution in [3.8, 4) is 0 Å². The van der Waals surface area contributed by atoms with Crippen LogP contribution in [0.3, 0.4) is 0 Å². The summed E-state index contributed by atoms with van der Waals surface area (Å²) in [5.41, 5.74) is 12.0. The maximum Gasteiger partial charge on any atom is 0.241 e. The number of anilines is 1. The maximum atomic E-state index is 13.7. The van der Waals surface area contributed by atoms with Gasteiger partial charge in [0.2, 0.25) is 15.9 Å². The first-order chi connectivity index (χ1) is 17.3. The highest BCUT2D eigenvalue weighted by Crippen LogP contribution is 2.35. The second kappa shape index (κ2) is 11.7. The molecule has 1 aliphatic rings. The Bertz CT molecular complexity index is 1220. The molecular weight excluding hydrogens is 488 g/mol. The summed E-state index contributed by atoms with van der Waals surface area (Å²) in [5, 5.41) is 1.44. The summed E-state index contributed by atoms with van der Waals surface area (Å²) in [7, 11) is -0.163. The van der Waals surface area contributed by atoms with E-state index in [-0.39, 0.29) is 22.2 Å². The van der Waals surface area contributed by atoms with Crippen LogP contribution in [0.4, 0.5) is 5.69 Å². The third kappa shape index (κ3) is 7.13. The van der Waals surface area contributed by atoms with Gasteiger partial charge in [-0.3, -0.25) is 9.79 Å². The van der Waals surface area contributed by atoms with Crippen molar-refractivity contribution in [2.75, 3.05) is 38.6 Å². The number of carbonyl (C=O) groups is 1. The van der Waals surface area contributed by atoms with Gasteiger partial charge < -0.3 is 21.3 Å². The molecule has 0 radical (unpaired) electrons. The van der Waals surface area contributed by atoms with E-state index in [0.717, 1.165) is 23.9 Å². The fourth-order valence-electron chi connectivity index (χ4n) is 5.06. The fourth-order valence-corrected chi connectivity index (χ4v) is 6.51. The number of amides is 1. The van der Waals surface area contributed by atoms with Gasteiger partial charge in [0.25, 0.3) is 0 Å². The van der Waals surface area contributed by atoms with E-state index in [1.54, 1.807) is 23.1 Å². The molecule has 0 saturated carbocycles. The van der Waals surface area contributed by atoms with Crippen molar-refractivity contribution in [1.82, 2.24) is 9.62 Å². The van der Waals surface area contributed by atoms with Crippen molar-refractivity contribution in [3.05, 3.63) is 36.4 Å². The number of sulfonamides is 1. The monoisotopic (exact) mass is 530 g/mol. The Morgan fingerprint density at radius 1 is 1.11 bits per heavy atom. The molecule has 0 unspecified atom stereocenters. The molecule has 1 saturated heterocycles. The van der Waals surface area contributed by atoms with Gasteiger partial charge in [0, 0.05) is 50.2 Å². The summed E-state index contributed by atoms with van der Waals surface area (Å²) in [6, 6.07) is 9.90. The SMILES string of the molecule is CN(C)c1cccc2c(S(=O)(=O)N[C@@H](CCCN=C(N)N)C(=O)N3CCC(C(C)(C)C)CC3)cccc12. The van der Waals surface area contributed by atoms with Crippen LogP contribution in [0.1, 0.15) is 46.5 Å². The van der Waals surface area contributed by atoms with Crippen LogP contribution < -0.4 is 21.1 Å².